The number of rotatable bonds is 9. The van der Waals surface area contributed by atoms with Gasteiger partial charge in [0.05, 0.1) is 11.6 Å². The van der Waals surface area contributed by atoms with Crippen molar-refractivity contribution in [2.24, 2.45) is 5.73 Å². The molecular weight excluding hydrogens is 450 g/mol. The molecule has 5 rings (SSSR count). The largest absolute Gasteiger partial charge is 0.457 e. The second-order valence-electron chi connectivity index (χ2n) is 9.79. The Morgan fingerprint density at radius 2 is 1.89 bits per heavy atom. The SMILES string of the molecule is CCCn1cc(CCCCN2CCN(c3ccc4oc(C(N)O)cc4c3)CC2)c2cc(C#N)ccc21. The zero-order valence-electron chi connectivity index (χ0n) is 21.0. The molecule has 2 aromatic heterocycles. The van der Waals surface area contributed by atoms with E-state index in [-0.39, 0.29) is 0 Å². The average molecular weight is 486 g/mol. The molecule has 36 heavy (non-hydrogen) atoms. The standard InChI is InChI=1S/C29H35N5O2/c1-2-10-34-20-22(25-16-21(19-30)6-8-26(25)34)5-3-4-11-32-12-14-33(15-13-32)24-7-9-27-23(17-24)18-28(36-27)29(31)35/h6-9,16-18,20,29,35H,2-5,10-15,31H2,1H3. The highest BCUT2D eigenvalue weighted by molar-refractivity contribution is 5.85. The van der Waals surface area contributed by atoms with E-state index in [1.54, 1.807) is 0 Å². The van der Waals surface area contributed by atoms with Crippen molar-refractivity contribution in [3.8, 4) is 6.07 Å². The number of aromatic nitrogens is 1. The van der Waals surface area contributed by atoms with Gasteiger partial charge in [0.25, 0.3) is 0 Å². The molecule has 0 spiro atoms. The molecule has 2 aromatic carbocycles. The number of aryl methyl sites for hydroxylation is 2. The molecule has 3 N–H and O–H groups in total. The summed E-state index contributed by atoms with van der Waals surface area (Å²) in [6, 6.07) is 16.3. The number of fused-ring (bicyclic) bond motifs is 2. The van der Waals surface area contributed by atoms with E-state index in [0.717, 1.165) is 75.1 Å². The summed E-state index contributed by atoms with van der Waals surface area (Å²) in [5.74, 6) is 0.396. The number of nitriles is 1. The molecule has 3 heterocycles. The van der Waals surface area contributed by atoms with Gasteiger partial charge in [0.15, 0.2) is 6.23 Å². The molecule has 4 aromatic rings. The highest BCUT2D eigenvalue weighted by atomic mass is 16.4. The van der Waals surface area contributed by atoms with Crippen molar-refractivity contribution >= 4 is 27.6 Å². The van der Waals surface area contributed by atoms with Gasteiger partial charge in [-0.2, -0.15) is 5.26 Å². The Kier molecular flexibility index (Phi) is 7.28. The number of hydrogen-bond donors (Lipinski definition) is 2. The minimum Gasteiger partial charge on any atom is -0.457 e. The van der Waals surface area contributed by atoms with Crippen molar-refractivity contribution < 1.29 is 9.52 Å². The van der Waals surface area contributed by atoms with Crippen molar-refractivity contribution in [2.75, 3.05) is 37.6 Å². The van der Waals surface area contributed by atoms with E-state index in [2.05, 4.69) is 57.8 Å². The van der Waals surface area contributed by atoms with Crippen LogP contribution < -0.4 is 10.6 Å². The molecule has 1 atom stereocenters. The fraction of sp³-hybridized carbons (Fsp3) is 0.414. The summed E-state index contributed by atoms with van der Waals surface area (Å²) in [6.45, 7) is 8.43. The van der Waals surface area contributed by atoms with Crippen LogP contribution in [0.5, 0.6) is 0 Å². The van der Waals surface area contributed by atoms with Crippen LogP contribution in [0, 0.1) is 11.3 Å². The van der Waals surface area contributed by atoms with Gasteiger partial charge in [-0.15, -0.1) is 0 Å². The van der Waals surface area contributed by atoms with Crippen molar-refractivity contribution in [1.29, 1.82) is 5.26 Å². The molecule has 1 aliphatic heterocycles. The van der Waals surface area contributed by atoms with E-state index in [1.165, 1.54) is 28.6 Å². The Labute approximate surface area is 212 Å². The monoisotopic (exact) mass is 485 g/mol. The lowest BCUT2D eigenvalue weighted by molar-refractivity contribution is 0.160. The normalized spacial score (nSPS) is 15.6. The van der Waals surface area contributed by atoms with Crippen LogP contribution in [0.3, 0.4) is 0 Å². The van der Waals surface area contributed by atoms with E-state index in [4.69, 9.17) is 10.2 Å². The number of nitrogens with two attached hydrogens (primary N) is 1. The quantitative estimate of drug-likeness (QED) is 0.262. The molecule has 0 radical (unpaired) electrons. The van der Waals surface area contributed by atoms with Gasteiger partial charge in [-0.05, 0) is 80.3 Å². The Morgan fingerprint density at radius 3 is 2.64 bits per heavy atom. The lowest BCUT2D eigenvalue weighted by Gasteiger charge is -2.36. The number of benzene rings is 2. The minimum absolute atomic E-state index is 0.396. The van der Waals surface area contributed by atoms with Crippen LogP contribution in [0.25, 0.3) is 21.9 Å². The Morgan fingerprint density at radius 1 is 1.06 bits per heavy atom. The second kappa shape index (κ2) is 10.8. The Hall–Kier alpha value is -3.31. The first-order valence-corrected chi connectivity index (χ1v) is 13.0. The average Bonchev–Trinajstić information content (AvgIpc) is 3.48. The van der Waals surface area contributed by atoms with Crippen LogP contribution in [0.15, 0.2) is 53.1 Å². The smallest absolute Gasteiger partial charge is 0.161 e. The van der Waals surface area contributed by atoms with E-state index in [0.29, 0.717) is 5.76 Å². The summed E-state index contributed by atoms with van der Waals surface area (Å²) in [5.41, 5.74) is 10.8. The third-order valence-corrected chi connectivity index (χ3v) is 7.28. The van der Waals surface area contributed by atoms with Gasteiger partial charge in [0, 0.05) is 60.9 Å². The number of aliphatic hydroxyl groups excluding tert-OH is 1. The van der Waals surface area contributed by atoms with E-state index < -0.39 is 6.23 Å². The zero-order chi connectivity index (χ0) is 25.1. The van der Waals surface area contributed by atoms with E-state index in [9.17, 15) is 10.4 Å². The van der Waals surface area contributed by atoms with E-state index >= 15 is 0 Å². The number of piperazine rings is 1. The summed E-state index contributed by atoms with van der Waals surface area (Å²) >= 11 is 0. The Bertz CT molecular complexity index is 1370. The fourth-order valence-corrected chi connectivity index (χ4v) is 5.34. The van der Waals surface area contributed by atoms with Crippen LogP contribution in [0.2, 0.25) is 0 Å². The lowest BCUT2D eigenvalue weighted by Crippen LogP contribution is -2.46. The molecular formula is C29H35N5O2. The molecule has 188 valence electrons. The van der Waals surface area contributed by atoms with Gasteiger partial charge in [-0.1, -0.05) is 6.92 Å². The number of nitrogens with zero attached hydrogens (tertiary/aromatic N) is 4. The topological polar surface area (TPSA) is 94.6 Å². The molecule has 7 nitrogen and oxygen atoms in total. The van der Waals surface area contributed by atoms with Crippen LogP contribution >= 0.6 is 0 Å². The van der Waals surface area contributed by atoms with Gasteiger partial charge < -0.3 is 19.0 Å². The first-order chi connectivity index (χ1) is 17.6. The molecule has 0 bridgehead atoms. The summed E-state index contributed by atoms with van der Waals surface area (Å²) in [5, 5.41) is 21.1. The summed E-state index contributed by atoms with van der Waals surface area (Å²) in [6.07, 6.45) is 5.67. The molecule has 7 heteroatoms. The van der Waals surface area contributed by atoms with Gasteiger partial charge in [0.2, 0.25) is 0 Å². The van der Waals surface area contributed by atoms with Crippen LogP contribution in [0.4, 0.5) is 5.69 Å². The number of anilines is 1. The van der Waals surface area contributed by atoms with Crippen molar-refractivity contribution in [2.45, 2.75) is 45.4 Å². The summed E-state index contributed by atoms with van der Waals surface area (Å²) in [4.78, 5) is 4.97. The fourth-order valence-electron chi connectivity index (χ4n) is 5.34. The predicted molar refractivity (Wildman–Crippen MR) is 144 cm³/mol. The number of unbranched alkanes of at least 4 members (excludes halogenated alkanes) is 1. The molecule has 0 aliphatic carbocycles. The zero-order valence-corrected chi connectivity index (χ0v) is 21.0. The molecule has 1 aliphatic rings. The van der Waals surface area contributed by atoms with Crippen molar-refractivity contribution in [3.05, 3.63) is 65.5 Å². The number of aliphatic hydroxyl groups is 1. The van der Waals surface area contributed by atoms with Crippen molar-refractivity contribution in [3.63, 3.8) is 0 Å². The van der Waals surface area contributed by atoms with Gasteiger partial charge in [0.1, 0.15) is 11.3 Å². The molecule has 0 amide bonds. The van der Waals surface area contributed by atoms with E-state index in [1.807, 2.05) is 18.2 Å². The first kappa shape index (κ1) is 24.4. The maximum Gasteiger partial charge on any atom is 0.161 e. The second-order valence-corrected chi connectivity index (χ2v) is 9.79. The molecule has 1 fully saturated rings. The number of hydrogen-bond acceptors (Lipinski definition) is 6. The summed E-state index contributed by atoms with van der Waals surface area (Å²) < 4.78 is 7.95. The highest BCUT2D eigenvalue weighted by Gasteiger charge is 2.18. The predicted octanol–water partition coefficient (Wildman–Crippen LogP) is 4.76. The first-order valence-electron chi connectivity index (χ1n) is 13.0. The highest BCUT2D eigenvalue weighted by Crippen LogP contribution is 2.28. The minimum atomic E-state index is -1.09. The maximum absolute atomic E-state index is 9.57. The third kappa shape index (κ3) is 5.12. The van der Waals surface area contributed by atoms with Crippen molar-refractivity contribution in [1.82, 2.24) is 9.47 Å². The van der Waals surface area contributed by atoms with Crippen LogP contribution in [-0.4, -0.2) is 47.3 Å². The molecule has 0 saturated carbocycles. The van der Waals surface area contributed by atoms with Crippen LogP contribution in [-0.2, 0) is 13.0 Å². The number of furan rings is 1. The lowest BCUT2D eigenvalue weighted by atomic mass is 10.0. The molecule has 1 saturated heterocycles. The van der Waals surface area contributed by atoms with Gasteiger partial charge in [-0.25, -0.2) is 0 Å². The maximum atomic E-state index is 9.57. The molecule has 1 unspecified atom stereocenters. The van der Waals surface area contributed by atoms with Gasteiger partial charge >= 0.3 is 0 Å². The Balaban J connectivity index is 1.13. The van der Waals surface area contributed by atoms with Gasteiger partial charge in [-0.3, -0.25) is 10.6 Å². The summed E-state index contributed by atoms with van der Waals surface area (Å²) in [7, 11) is 0. The third-order valence-electron chi connectivity index (χ3n) is 7.28. The van der Waals surface area contributed by atoms with Crippen LogP contribution in [0.1, 0.15) is 49.3 Å².